The quantitative estimate of drug-likeness (QED) is 0.159. The molecule has 1 unspecified atom stereocenters. The smallest absolute Gasteiger partial charge is 0.434 e. The van der Waals surface area contributed by atoms with E-state index in [-0.39, 0.29) is 25.4 Å². The molecular formula is C28H26N2O7. The summed E-state index contributed by atoms with van der Waals surface area (Å²) in [6.07, 6.45) is 0.308. The molecule has 0 heterocycles. The highest BCUT2D eigenvalue weighted by atomic mass is 16.6. The van der Waals surface area contributed by atoms with Gasteiger partial charge in [0.1, 0.15) is 13.2 Å². The Balaban J connectivity index is 1.68. The van der Waals surface area contributed by atoms with E-state index in [0.717, 1.165) is 11.6 Å². The van der Waals surface area contributed by atoms with Gasteiger partial charge in [0.05, 0.1) is 5.71 Å². The molecule has 2 amide bonds. The molecule has 1 aliphatic rings. The summed E-state index contributed by atoms with van der Waals surface area (Å²) < 4.78 is 15.2. The molecule has 0 radical (unpaired) electrons. The first-order valence-corrected chi connectivity index (χ1v) is 11.5. The van der Waals surface area contributed by atoms with Crippen LogP contribution in [0.5, 0.6) is 0 Å². The standard InChI is InChI=1S/C28H26N2O7/c1-3-24(31)35-16-17-36-27(33)30-23-18-22(15-14-19(23)2)29-28(34)37-26(21-12-8-5-9-13-21)25(32)20-10-6-4-7-11-20/h3-14,26H,1,15-18H2,2H3. The molecule has 0 saturated heterocycles. The Bertz CT molecular complexity index is 1250. The van der Waals surface area contributed by atoms with Crippen LogP contribution in [0.25, 0.3) is 0 Å². The van der Waals surface area contributed by atoms with Crippen LogP contribution < -0.4 is 0 Å². The topological polar surface area (TPSA) is 121 Å². The molecule has 0 fully saturated rings. The van der Waals surface area contributed by atoms with Crippen molar-refractivity contribution in [1.29, 1.82) is 0 Å². The van der Waals surface area contributed by atoms with Gasteiger partial charge in [-0.05, 0) is 12.5 Å². The van der Waals surface area contributed by atoms with Crippen molar-refractivity contribution in [3.63, 3.8) is 0 Å². The number of rotatable bonds is 8. The molecule has 1 atom stereocenters. The molecule has 2 aromatic carbocycles. The predicted octanol–water partition coefficient (Wildman–Crippen LogP) is 5.24. The van der Waals surface area contributed by atoms with Gasteiger partial charge in [0.2, 0.25) is 5.78 Å². The van der Waals surface area contributed by atoms with E-state index < -0.39 is 24.3 Å². The summed E-state index contributed by atoms with van der Waals surface area (Å²) in [5, 5.41) is 0. The van der Waals surface area contributed by atoms with Crippen LogP contribution in [0, 0.1) is 0 Å². The van der Waals surface area contributed by atoms with Crippen molar-refractivity contribution in [1.82, 2.24) is 0 Å². The molecule has 190 valence electrons. The summed E-state index contributed by atoms with van der Waals surface area (Å²) in [5.74, 6) is -0.996. The molecule has 0 saturated carbocycles. The van der Waals surface area contributed by atoms with Gasteiger partial charge in [0.15, 0.2) is 6.10 Å². The van der Waals surface area contributed by atoms with E-state index in [1.54, 1.807) is 73.7 Å². The number of amides is 2. The first kappa shape index (κ1) is 26.9. The number of carbonyl (C=O) groups is 4. The van der Waals surface area contributed by atoms with Crippen LogP contribution in [0.15, 0.2) is 95.0 Å². The van der Waals surface area contributed by atoms with Gasteiger partial charge in [0, 0.05) is 35.8 Å². The van der Waals surface area contributed by atoms with Gasteiger partial charge in [0.25, 0.3) is 0 Å². The zero-order valence-corrected chi connectivity index (χ0v) is 20.3. The van der Waals surface area contributed by atoms with Crippen LogP contribution in [-0.2, 0) is 19.0 Å². The van der Waals surface area contributed by atoms with Crippen LogP contribution in [0.3, 0.4) is 0 Å². The molecule has 37 heavy (non-hydrogen) atoms. The molecule has 0 aromatic heterocycles. The lowest BCUT2D eigenvalue weighted by Crippen LogP contribution is -2.21. The molecular weight excluding hydrogens is 476 g/mol. The van der Waals surface area contributed by atoms with Gasteiger partial charge in [-0.15, -0.1) is 0 Å². The minimum absolute atomic E-state index is 0.126. The molecule has 0 aliphatic heterocycles. The van der Waals surface area contributed by atoms with Crippen molar-refractivity contribution in [3.8, 4) is 0 Å². The maximum atomic E-state index is 13.1. The fraction of sp³-hybridized carbons (Fsp3) is 0.214. The highest BCUT2D eigenvalue weighted by Crippen LogP contribution is 2.24. The van der Waals surface area contributed by atoms with Gasteiger partial charge in [-0.3, -0.25) is 4.79 Å². The monoisotopic (exact) mass is 502 g/mol. The van der Waals surface area contributed by atoms with Crippen molar-refractivity contribution in [2.45, 2.75) is 25.9 Å². The molecule has 0 bridgehead atoms. The molecule has 0 spiro atoms. The van der Waals surface area contributed by atoms with E-state index >= 15 is 0 Å². The van der Waals surface area contributed by atoms with Crippen LogP contribution in [0.2, 0.25) is 0 Å². The largest absolute Gasteiger partial charge is 0.459 e. The highest BCUT2D eigenvalue weighted by Gasteiger charge is 2.26. The summed E-state index contributed by atoms with van der Waals surface area (Å²) in [6, 6.07) is 17.3. The number of hydrogen-bond acceptors (Lipinski definition) is 7. The van der Waals surface area contributed by atoms with Crippen LogP contribution in [-0.4, -0.2) is 48.6 Å². The fourth-order valence-electron chi connectivity index (χ4n) is 3.39. The Morgan fingerprint density at radius 2 is 1.57 bits per heavy atom. The van der Waals surface area contributed by atoms with E-state index in [0.29, 0.717) is 29.0 Å². The molecule has 3 rings (SSSR count). The van der Waals surface area contributed by atoms with E-state index in [9.17, 15) is 19.2 Å². The van der Waals surface area contributed by atoms with E-state index in [1.165, 1.54) is 0 Å². The second kappa shape index (κ2) is 13.4. The lowest BCUT2D eigenvalue weighted by atomic mass is 9.96. The van der Waals surface area contributed by atoms with Crippen LogP contribution in [0.1, 0.15) is 41.8 Å². The number of nitrogens with zero attached hydrogens (tertiary/aromatic N) is 2. The lowest BCUT2D eigenvalue weighted by molar-refractivity contribution is -0.138. The average Bonchev–Trinajstić information content (AvgIpc) is 2.92. The minimum atomic E-state index is -1.17. The number of aliphatic imine (C=N–C) groups is 2. The van der Waals surface area contributed by atoms with Crippen LogP contribution in [0.4, 0.5) is 9.59 Å². The Kier molecular flexibility index (Phi) is 9.78. The highest BCUT2D eigenvalue weighted by molar-refractivity contribution is 6.18. The number of ketones is 1. The van der Waals surface area contributed by atoms with Gasteiger partial charge in [-0.2, -0.15) is 9.98 Å². The summed E-state index contributed by atoms with van der Waals surface area (Å²) in [5.41, 5.74) is 2.46. The van der Waals surface area contributed by atoms with Crippen molar-refractivity contribution in [2.75, 3.05) is 13.2 Å². The normalized spacial score (nSPS) is 15.9. The zero-order chi connectivity index (χ0) is 26.6. The second-order valence-electron chi connectivity index (χ2n) is 7.90. The third kappa shape index (κ3) is 8.21. The number of benzene rings is 2. The Hall–Kier alpha value is -4.66. The number of allylic oxidation sites excluding steroid dienone is 2. The first-order valence-electron chi connectivity index (χ1n) is 11.5. The van der Waals surface area contributed by atoms with Crippen molar-refractivity contribution >= 4 is 35.4 Å². The van der Waals surface area contributed by atoms with Crippen molar-refractivity contribution in [2.24, 2.45) is 9.98 Å². The maximum absolute atomic E-state index is 13.1. The first-order chi connectivity index (χ1) is 17.9. The third-order valence-corrected chi connectivity index (χ3v) is 5.28. The molecule has 2 aromatic rings. The second-order valence-corrected chi connectivity index (χ2v) is 7.90. The lowest BCUT2D eigenvalue weighted by Gasteiger charge is -2.17. The molecule has 9 nitrogen and oxygen atoms in total. The van der Waals surface area contributed by atoms with Gasteiger partial charge < -0.3 is 14.2 Å². The van der Waals surface area contributed by atoms with Gasteiger partial charge in [-0.1, -0.05) is 73.3 Å². The summed E-state index contributed by atoms with van der Waals surface area (Å²) in [4.78, 5) is 56.9. The number of Topliss-reactive ketones (excluding diaryl/α,β-unsaturated/α-hetero) is 1. The predicted molar refractivity (Wildman–Crippen MR) is 137 cm³/mol. The SMILES string of the molecule is C=CC(=O)OCCOC(=O)N=C1CC(=NC(=O)OC(C(=O)c2ccccc2)c2ccccc2)CC=C1C. The van der Waals surface area contributed by atoms with E-state index in [2.05, 4.69) is 16.6 Å². The van der Waals surface area contributed by atoms with Gasteiger partial charge >= 0.3 is 18.2 Å². The number of esters is 1. The van der Waals surface area contributed by atoms with Crippen molar-refractivity contribution in [3.05, 3.63) is 96.1 Å². The Morgan fingerprint density at radius 3 is 2.24 bits per heavy atom. The van der Waals surface area contributed by atoms with Gasteiger partial charge in [-0.25, -0.2) is 14.4 Å². The summed E-state index contributed by atoms with van der Waals surface area (Å²) in [6.45, 7) is 4.75. The van der Waals surface area contributed by atoms with Crippen LogP contribution >= 0.6 is 0 Å². The van der Waals surface area contributed by atoms with Crippen molar-refractivity contribution < 1.29 is 33.4 Å². The third-order valence-electron chi connectivity index (χ3n) is 5.28. The number of hydrogen-bond donors (Lipinski definition) is 0. The Morgan fingerprint density at radius 1 is 0.919 bits per heavy atom. The summed E-state index contributed by atoms with van der Waals surface area (Å²) >= 11 is 0. The van der Waals surface area contributed by atoms with E-state index in [1.807, 2.05) is 0 Å². The Labute approximate surface area is 214 Å². The molecule has 1 aliphatic carbocycles. The molecule has 0 N–H and O–H groups in total. The average molecular weight is 503 g/mol. The minimum Gasteiger partial charge on any atom is -0.459 e. The maximum Gasteiger partial charge on any atom is 0.434 e. The zero-order valence-electron chi connectivity index (χ0n) is 20.3. The number of carbonyl (C=O) groups excluding carboxylic acids is 4. The number of ether oxygens (including phenoxy) is 3. The fourth-order valence-corrected chi connectivity index (χ4v) is 3.39. The summed E-state index contributed by atoms with van der Waals surface area (Å²) in [7, 11) is 0. The molecule has 9 heteroatoms. The van der Waals surface area contributed by atoms with E-state index in [4.69, 9.17) is 14.2 Å².